The molecule has 6 nitrogen and oxygen atoms in total. The number of amides is 1. The van der Waals surface area contributed by atoms with Crippen LogP contribution in [0.5, 0.6) is 5.75 Å². The quantitative estimate of drug-likeness (QED) is 0.663. The van der Waals surface area contributed by atoms with E-state index in [1.807, 2.05) is 0 Å². The number of ether oxygens (including phenoxy) is 1. The van der Waals surface area contributed by atoms with Gasteiger partial charge in [0.2, 0.25) is 5.91 Å². The molecule has 1 rings (SSSR count). The van der Waals surface area contributed by atoms with Crippen molar-refractivity contribution in [2.45, 2.75) is 0 Å². The largest absolute Gasteiger partial charge is 0.497 e. The molecule has 1 amide bonds. The molecule has 0 aliphatic carbocycles. The van der Waals surface area contributed by atoms with E-state index >= 15 is 0 Å². The number of aliphatic carboxylic acids is 1. The van der Waals surface area contributed by atoms with E-state index in [1.165, 1.54) is 0 Å². The molecule has 17 heavy (non-hydrogen) atoms. The van der Waals surface area contributed by atoms with E-state index in [4.69, 9.17) is 9.84 Å². The van der Waals surface area contributed by atoms with Crippen LogP contribution in [0.3, 0.4) is 0 Å². The minimum atomic E-state index is -0.998. The van der Waals surface area contributed by atoms with E-state index in [2.05, 4.69) is 10.6 Å². The molecule has 6 heteroatoms. The van der Waals surface area contributed by atoms with Gasteiger partial charge in [-0.2, -0.15) is 0 Å². The van der Waals surface area contributed by atoms with Crippen LogP contribution >= 0.6 is 0 Å². The third-order valence-corrected chi connectivity index (χ3v) is 1.94. The Balaban J connectivity index is 2.37. The molecule has 0 aliphatic heterocycles. The van der Waals surface area contributed by atoms with E-state index < -0.39 is 5.97 Å². The molecule has 0 atom stereocenters. The number of rotatable bonds is 6. The van der Waals surface area contributed by atoms with E-state index in [-0.39, 0.29) is 19.0 Å². The van der Waals surface area contributed by atoms with Gasteiger partial charge in [0, 0.05) is 5.69 Å². The predicted octanol–water partition coefficient (Wildman–Crippen LogP) is 0.308. The van der Waals surface area contributed by atoms with Gasteiger partial charge in [-0.05, 0) is 24.3 Å². The van der Waals surface area contributed by atoms with Crippen LogP contribution < -0.4 is 15.4 Å². The lowest BCUT2D eigenvalue weighted by Gasteiger charge is -2.06. The van der Waals surface area contributed by atoms with Crippen LogP contribution in [0.2, 0.25) is 0 Å². The number of methoxy groups -OCH3 is 1. The van der Waals surface area contributed by atoms with Crippen LogP contribution in [0, 0.1) is 0 Å². The number of nitrogens with one attached hydrogen (secondary N) is 2. The Labute approximate surface area is 98.6 Å². The lowest BCUT2D eigenvalue weighted by atomic mass is 10.3. The fraction of sp³-hybridized carbons (Fsp3) is 0.273. The molecule has 0 aliphatic rings. The Hall–Kier alpha value is -2.08. The summed E-state index contributed by atoms with van der Waals surface area (Å²) in [6, 6.07) is 6.85. The number of carbonyl (C=O) groups is 2. The van der Waals surface area contributed by atoms with Gasteiger partial charge in [0.1, 0.15) is 5.75 Å². The second-order valence-electron chi connectivity index (χ2n) is 3.27. The Kier molecular flexibility index (Phi) is 4.96. The van der Waals surface area contributed by atoms with Crippen molar-refractivity contribution in [1.82, 2.24) is 5.32 Å². The Morgan fingerprint density at radius 2 is 1.88 bits per heavy atom. The predicted molar refractivity (Wildman–Crippen MR) is 62.1 cm³/mol. The van der Waals surface area contributed by atoms with Crippen LogP contribution in [0.4, 0.5) is 5.69 Å². The van der Waals surface area contributed by atoms with Gasteiger partial charge < -0.3 is 15.2 Å². The fourth-order valence-electron chi connectivity index (χ4n) is 1.16. The molecule has 1 aromatic rings. The maximum Gasteiger partial charge on any atom is 0.317 e. The SMILES string of the molecule is COc1ccc(NC(=O)CNCC(=O)O)cc1. The topological polar surface area (TPSA) is 87.7 Å². The van der Waals surface area contributed by atoms with Crippen LogP contribution in [-0.4, -0.2) is 37.2 Å². The summed E-state index contributed by atoms with van der Waals surface area (Å²) in [5.41, 5.74) is 0.632. The molecule has 0 aromatic heterocycles. The summed E-state index contributed by atoms with van der Waals surface area (Å²) < 4.78 is 4.98. The Bertz CT molecular complexity index is 389. The van der Waals surface area contributed by atoms with Gasteiger partial charge in [0.15, 0.2) is 0 Å². The van der Waals surface area contributed by atoms with Crippen molar-refractivity contribution in [2.24, 2.45) is 0 Å². The molecule has 0 unspecified atom stereocenters. The monoisotopic (exact) mass is 238 g/mol. The van der Waals surface area contributed by atoms with E-state index in [0.717, 1.165) is 0 Å². The number of hydrogen-bond donors (Lipinski definition) is 3. The highest BCUT2D eigenvalue weighted by atomic mass is 16.5. The van der Waals surface area contributed by atoms with Crippen molar-refractivity contribution < 1.29 is 19.4 Å². The zero-order valence-corrected chi connectivity index (χ0v) is 9.40. The Morgan fingerprint density at radius 1 is 1.24 bits per heavy atom. The number of carboxylic acid groups (broad SMARTS) is 1. The summed E-state index contributed by atoms with van der Waals surface area (Å²) in [7, 11) is 1.56. The zero-order chi connectivity index (χ0) is 12.7. The number of hydrogen-bond acceptors (Lipinski definition) is 4. The molecule has 0 heterocycles. The second-order valence-corrected chi connectivity index (χ2v) is 3.27. The first-order valence-corrected chi connectivity index (χ1v) is 4.98. The molecule has 92 valence electrons. The lowest BCUT2D eigenvalue weighted by Crippen LogP contribution is -2.31. The molecule has 0 spiro atoms. The molecule has 0 radical (unpaired) electrons. The summed E-state index contributed by atoms with van der Waals surface area (Å²) in [5, 5.41) is 13.5. The third kappa shape index (κ3) is 4.98. The summed E-state index contributed by atoms with van der Waals surface area (Å²) in [6.07, 6.45) is 0. The first kappa shape index (κ1) is 13.0. The number of anilines is 1. The van der Waals surface area contributed by atoms with Gasteiger partial charge in [-0.3, -0.25) is 14.9 Å². The second kappa shape index (κ2) is 6.49. The first-order chi connectivity index (χ1) is 8.11. The maximum atomic E-state index is 11.4. The van der Waals surface area contributed by atoms with Crippen LogP contribution in [0.1, 0.15) is 0 Å². The average Bonchev–Trinajstić information content (AvgIpc) is 2.29. The van der Waals surface area contributed by atoms with Gasteiger partial charge in [-0.15, -0.1) is 0 Å². The van der Waals surface area contributed by atoms with Crippen molar-refractivity contribution in [3.05, 3.63) is 24.3 Å². The third-order valence-electron chi connectivity index (χ3n) is 1.94. The maximum absolute atomic E-state index is 11.4. The van der Waals surface area contributed by atoms with Crippen molar-refractivity contribution >= 4 is 17.6 Å². The summed E-state index contributed by atoms with van der Waals surface area (Å²) in [5.74, 6) is -0.592. The highest BCUT2D eigenvalue weighted by Crippen LogP contribution is 2.14. The standard InChI is InChI=1S/C11H14N2O4/c1-17-9-4-2-8(3-5-9)13-10(14)6-12-7-11(15)16/h2-5,12H,6-7H2,1H3,(H,13,14)(H,15,16). The number of carboxylic acids is 1. The van der Waals surface area contributed by atoms with Crippen molar-refractivity contribution in [1.29, 1.82) is 0 Å². The molecular formula is C11H14N2O4. The lowest BCUT2D eigenvalue weighted by molar-refractivity contribution is -0.135. The van der Waals surface area contributed by atoms with E-state index in [1.54, 1.807) is 31.4 Å². The van der Waals surface area contributed by atoms with Gasteiger partial charge in [-0.25, -0.2) is 0 Å². The molecule has 1 aromatic carbocycles. The average molecular weight is 238 g/mol. The van der Waals surface area contributed by atoms with Crippen LogP contribution in [0.15, 0.2) is 24.3 Å². The molecule has 3 N–H and O–H groups in total. The van der Waals surface area contributed by atoms with Crippen molar-refractivity contribution in [3.8, 4) is 5.75 Å². The van der Waals surface area contributed by atoms with Gasteiger partial charge in [0.05, 0.1) is 20.2 Å². The van der Waals surface area contributed by atoms with E-state index in [0.29, 0.717) is 11.4 Å². The molecular weight excluding hydrogens is 224 g/mol. The summed E-state index contributed by atoms with van der Waals surface area (Å²) >= 11 is 0. The first-order valence-electron chi connectivity index (χ1n) is 4.98. The molecule has 0 bridgehead atoms. The van der Waals surface area contributed by atoms with Gasteiger partial charge in [0.25, 0.3) is 0 Å². The highest BCUT2D eigenvalue weighted by Gasteiger charge is 2.03. The molecule has 0 fully saturated rings. The summed E-state index contributed by atoms with van der Waals surface area (Å²) in [4.78, 5) is 21.6. The smallest absolute Gasteiger partial charge is 0.317 e. The number of carbonyl (C=O) groups excluding carboxylic acids is 1. The zero-order valence-electron chi connectivity index (χ0n) is 9.40. The molecule has 0 saturated heterocycles. The van der Waals surface area contributed by atoms with Crippen molar-refractivity contribution in [2.75, 3.05) is 25.5 Å². The summed E-state index contributed by atoms with van der Waals surface area (Å²) in [6.45, 7) is -0.283. The normalized spacial score (nSPS) is 9.71. The molecule has 0 saturated carbocycles. The Morgan fingerprint density at radius 3 is 2.41 bits per heavy atom. The van der Waals surface area contributed by atoms with Gasteiger partial charge in [-0.1, -0.05) is 0 Å². The fourth-order valence-corrected chi connectivity index (χ4v) is 1.16. The van der Waals surface area contributed by atoms with Gasteiger partial charge >= 0.3 is 5.97 Å². The minimum Gasteiger partial charge on any atom is -0.497 e. The number of benzene rings is 1. The highest BCUT2D eigenvalue weighted by molar-refractivity contribution is 5.92. The van der Waals surface area contributed by atoms with Crippen LogP contribution in [0.25, 0.3) is 0 Å². The van der Waals surface area contributed by atoms with Crippen LogP contribution in [-0.2, 0) is 9.59 Å². The van der Waals surface area contributed by atoms with E-state index in [9.17, 15) is 9.59 Å². The van der Waals surface area contributed by atoms with Crippen molar-refractivity contribution in [3.63, 3.8) is 0 Å². The minimum absolute atomic E-state index is 0.0433.